The average molecular weight is 319 g/mol. The normalized spacial score (nSPS) is 13.4. The van der Waals surface area contributed by atoms with Gasteiger partial charge in [0.2, 0.25) is 0 Å². The third-order valence-electron chi connectivity index (χ3n) is 3.28. The predicted molar refractivity (Wildman–Crippen MR) is 77.4 cm³/mol. The maximum atomic E-state index is 12.3. The molecule has 0 aliphatic carbocycles. The molecule has 0 atom stereocenters. The topological polar surface area (TPSA) is 101 Å². The molecule has 110 valence electrons. The van der Waals surface area contributed by atoms with Gasteiger partial charge in [-0.15, -0.1) is 0 Å². The van der Waals surface area contributed by atoms with E-state index in [1.54, 1.807) is 12.1 Å². The van der Waals surface area contributed by atoms with Crippen LogP contribution in [0.3, 0.4) is 0 Å². The number of imide groups is 1. The van der Waals surface area contributed by atoms with Crippen LogP contribution in [-0.2, 0) is 0 Å². The van der Waals surface area contributed by atoms with Crippen LogP contribution in [0, 0.1) is 10.1 Å². The number of nitro benzene ring substituents is 1. The minimum absolute atomic E-state index is 0.193. The zero-order valence-electron chi connectivity index (χ0n) is 10.8. The van der Waals surface area contributed by atoms with E-state index >= 15 is 0 Å². The summed E-state index contributed by atoms with van der Waals surface area (Å²) in [7, 11) is 0. The fraction of sp³-hybridized carbons (Fsp3) is 0. The number of phenolic OH excluding ortho intramolecular Hbond substituents is 1. The second-order valence-electron chi connectivity index (χ2n) is 4.54. The maximum absolute atomic E-state index is 12.3. The molecule has 8 heteroatoms. The van der Waals surface area contributed by atoms with Gasteiger partial charge in [0, 0.05) is 0 Å². The Morgan fingerprint density at radius 3 is 2.14 bits per heavy atom. The molecule has 3 rings (SSSR count). The van der Waals surface area contributed by atoms with Gasteiger partial charge in [0.15, 0.2) is 0 Å². The van der Waals surface area contributed by atoms with E-state index in [9.17, 15) is 24.8 Å². The van der Waals surface area contributed by atoms with Crippen LogP contribution in [0.5, 0.6) is 5.75 Å². The van der Waals surface area contributed by atoms with Gasteiger partial charge in [-0.05, 0) is 18.2 Å². The summed E-state index contributed by atoms with van der Waals surface area (Å²) in [4.78, 5) is 35.4. The number of anilines is 1. The van der Waals surface area contributed by atoms with Crippen molar-refractivity contribution in [2.24, 2.45) is 0 Å². The van der Waals surface area contributed by atoms with Crippen molar-refractivity contribution in [1.82, 2.24) is 0 Å². The minimum atomic E-state index is -0.770. The van der Waals surface area contributed by atoms with E-state index in [0.717, 1.165) is 17.0 Å². The summed E-state index contributed by atoms with van der Waals surface area (Å²) in [6.07, 6.45) is 0. The fourth-order valence-electron chi connectivity index (χ4n) is 2.27. The molecule has 1 aliphatic rings. The number of hydrogen-bond acceptors (Lipinski definition) is 5. The number of nitro groups is 1. The number of hydrogen-bond donors (Lipinski definition) is 1. The molecule has 1 aliphatic heterocycles. The lowest BCUT2D eigenvalue weighted by atomic mass is 10.1. The summed E-state index contributed by atoms with van der Waals surface area (Å²) in [5.74, 6) is -1.83. The molecule has 2 amide bonds. The number of phenols is 1. The van der Waals surface area contributed by atoms with Crippen molar-refractivity contribution in [3.63, 3.8) is 0 Å². The van der Waals surface area contributed by atoms with Crippen molar-refractivity contribution in [2.75, 3.05) is 4.90 Å². The number of benzene rings is 2. The van der Waals surface area contributed by atoms with Gasteiger partial charge in [0.05, 0.1) is 27.8 Å². The number of carbonyl (C=O) groups excluding carboxylic acids is 2. The molecule has 0 saturated heterocycles. The zero-order valence-corrected chi connectivity index (χ0v) is 11.6. The lowest BCUT2D eigenvalue weighted by Gasteiger charge is -2.15. The summed E-state index contributed by atoms with van der Waals surface area (Å²) >= 11 is 5.78. The third-order valence-corrected chi connectivity index (χ3v) is 3.58. The standard InChI is InChI=1S/C14H7ClN2O5/c15-9-5-11(12(18)6-10(9)17(21)22)16-13(19)7-3-1-2-4-8(7)14(16)20/h1-6,18H. The first-order chi connectivity index (χ1) is 10.4. The smallest absolute Gasteiger partial charge is 0.291 e. The van der Waals surface area contributed by atoms with E-state index in [1.807, 2.05) is 0 Å². The van der Waals surface area contributed by atoms with Crippen molar-refractivity contribution in [3.05, 3.63) is 62.7 Å². The van der Waals surface area contributed by atoms with Crippen molar-refractivity contribution >= 4 is 34.8 Å². The van der Waals surface area contributed by atoms with Gasteiger partial charge in [-0.3, -0.25) is 19.7 Å². The molecule has 2 aromatic rings. The van der Waals surface area contributed by atoms with Crippen molar-refractivity contribution < 1.29 is 19.6 Å². The molecule has 0 aromatic heterocycles. The lowest BCUT2D eigenvalue weighted by Crippen LogP contribution is -2.29. The molecule has 1 heterocycles. The molecule has 22 heavy (non-hydrogen) atoms. The molecule has 0 fully saturated rings. The third kappa shape index (κ3) is 1.91. The lowest BCUT2D eigenvalue weighted by molar-refractivity contribution is -0.384. The van der Waals surface area contributed by atoms with Gasteiger partial charge in [0.1, 0.15) is 10.8 Å². The van der Waals surface area contributed by atoms with Crippen LogP contribution in [0.2, 0.25) is 5.02 Å². The highest BCUT2D eigenvalue weighted by Crippen LogP contribution is 2.40. The number of fused-ring (bicyclic) bond motifs is 1. The second kappa shape index (κ2) is 4.81. The Hall–Kier alpha value is -2.93. The van der Waals surface area contributed by atoms with E-state index < -0.39 is 28.2 Å². The Labute approximate surface area is 128 Å². The predicted octanol–water partition coefficient (Wildman–Crippen LogP) is 2.75. The van der Waals surface area contributed by atoms with E-state index in [-0.39, 0.29) is 21.8 Å². The summed E-state index contributed by atoms with van der Waals surface area (Å²) in [6.45, 7) is 0. The first kappa shape index (κ1) is 14.0. The highest BCUT2D eigenvalue weighted by atomic mass is 35.5. The van der Waals surface area contributed by atoms with Gasteiger partial charge < -0.3 is 5.11 Å². The van der Waals surface area contributed by atoms with Crippen LogP contribution in [0.25, 0.3) is 0 Å². The van der Waals surface area contributed by atoms with Crippen molar-refractivity contribution in [2.45, 2.75) is 0 Å². The number of carbonyl (C=O) groups is 2. The fourth-order valence-corrected chi connectivity index (χ4v) is 2.49. The van der Waals surface area contributed by atoms with E-state index in [2.05, 4.69) is 0 Å². The Morgan fingerprint density at radius 1 is 1.09 bits per heavy atom. The minimum Gasteiger partial charge on any atom is -0.505 e. The molecule has 1 N–H and O–H groups in total. The molecule has 0 spiro atoms. The highest BCUT2D eigenvalue weighted by Gasteiger charge is 2.38. The monoisotopic (exact) mass is 318 g/mol. The van der Waals surface area contributed by atoms with Crippen LogP contribution in [0.1, 0.15) is 20.7 Å². The molecule has 0 saturated carbocycles. The molecular formula is C14H7ClN2O5. The largest absolute Gasteiger partial charge is 0.505 e. The van der Waals surface area contributed by atoms with E-state index in [0.29, 0.717) is 0 Å². The average Bonchev–Trinajstić information content (AvgIpc) is 2.73. The quantitative estimate of drug-likeness (QED) is 0.521. The SMILES string of the molecule is O=C1c2ccccc2C(=O)N1c1cc(Cl)c([N+](=O)[O-])cc1O. The molecule has 0 bridgehead atoms. The molecule has 0 radical (unpaired) electrons. The first-order valence-corrected chi connectivity index (χ1v) is 6.44. The maximum Gasteiger partial charge on any atom is 0.291 e. The van der Waals surface area contributed by atoms with Crippen LogP contribution in [-0.4, -0.2) is 21.8 Å². The Bertz CT molecular complexity index is 814. The summed E-state index contributed by atoms with van der Waals surface area (Å²) < 4.78 is 0. The van der Waals surface area contributed by atoms with Crippen LogP contribution in [0.4, 0.5) is 11.4 Å². The van der Waals surface area contributed by atoms with Gasteiger partial charge in [-0.2, -0.15) is 0 Å². The summed E-state index contributed by atoms with van der Waals surface area (Å²) in [5.41, 5.74) is -0.316. The number of nitrogens with zero attached hydrogens (tertiary/aromatic N) is 2. The summed E-state index contributed by atoms with van der Waals surface area (Å²) in [5, 5.41) is 20.4. The first-order valence-electron chi connectivity index (χ1n) is 6.06. The number of rotatable bonds is 2. The zero-order chi connectivity index (χ0) is 16.0. The number of halogens is 1. The van der Waals surface area contributed by atoms with Crippen molar-refractivity contribution in [3.8, 4) is 5.75 Å². The molecule has 2 aromatic carbocycles. The van der Waals surface area contributed by atoms with Crippen LogP contribution < -0.4 is 4.90 Å². The van der Waals surface area contributed by atoms with Crippen LogP contribution in [0.15, 0.2) is 36.4 Å². The molecule has 7 nitrogen and oxygen atoms in total. The Kier molecular flexibility index (Phi) is 3.07. The van der Waals surface area contributed by atoms with Gasteiger partial charge in [0.25, 0.3) is 17.5 Å². The molecule has 0 unspecified atom stereocenters. The number of amides is 2. The van der Waals surface area contributed by atoms with Gasteiger partial charge >= 0.3 is 0 Å². The number of aromatic hydroxyl groups is 1. The molecular weight excluding hydrogens is 312 g/mol. The summed E-state index contributed by atoms with van der Waals surface area (Å²) in [6, 6.07) is 8.02. The highest BCUT2D eigenvalue weighted by molar-refractivity contribution is 6.36. The van der Waals surface area contributed by atoms with Gasteiger partial charge in [-0.25, -0.2) is 4.90 Å². The Morgan fingerprint density at radius 2 is 1.64 bits per heavy atom. The second-order valence-corrected chi connectivity index (χ2v) is 4.95. The van der Waals surface area contributed by atoms with Crippen LogP contribution >= 0.6 is 11.6 Å². The Balaban J connectivity index is 2.14. The van der Waals surface area contributed by atoms with Crippen molar-refractivity contribution in [1.29, 1.82) is 0 Å². The van der Waals surface area contributed by atoms with E-state index in [1.165, 1.54) is 12.1 Å². The van der Waals surface area contributed by atoms with E-state index in [4.69, 9.17) is 11.6 Å². The van der Waals surface area contributed by atoms with Gasteiger partial charge in [-0.1, -0.05) is 23.7 Å².